The monoisotopic (exact) mass is 319 g/mol. The van der Waals surface area contributed by atoms with E-state index in [2.05, 4.69) is 30.3 Å². The first-order valence-electron chi connectivity index (χ1n) is 7.48. The molecule has 118 valence electrons. The molecule has 4 heteroatoms. The van der Waals surface area contributed by atoms with Gasteiger partial charge < -0.3 is 27.2 Å². The molecule has 0 aliphatic carbocycles. The molecule has 2 aromatic rings. The molecule has 0 radical (unpaired) electrons. The highest BCUT2D eigenvalue weighted by Gasteiger charge is 2.26. The minimum absolute atomic E-state index is 0. The lowest BCUT2D eigenvalue weighted by atomic mass is 9.96. The van der Waals surface area contributed by atoms with Gasteiger partial charge in [-0.1, -0.05) is 30.3 Å². The van der Waals surface area contributed by atoms with Crippen molar-refractivity contribution in [3.63, 3.8) is 0 Å². The van der Waals surface area contributed by atoms with Crippen LogP contribution in [-0.4, -0.2) is 25.3 Å². The van der Waals surface area contributed by atoms with Crippen LogP contribution in [0.3, 0.4) is 0 Å². The Balaban J connectivity index is 0.00000176. The van der Waals surface area contributed by atoms with Crippen molar-refractivity contribution in [1.82, 2.24) is 0 Å². The number of benzene rings is 2. The van der Waals surface area contributed by atoms with E-state index in [4.69, 9.17) is 4.74 Å². The summed E-state index contributed by atoms with van der Waals surface area (Å²) in [7, 11) is 1.66. The van der Waals surface area contributed by atoms with Crippen molar-refractivity contribution in [2.75, 3.05) is 20.2 Å². The first-order valence-corrected chi connectivity index (χ1v) is 7.48. The lowest BCUT2D eigenvalue weighted by Crippen LogP contribution is -3.12. The van der Waals surface area contributed by atoms with Crippen molar-refractivity contribution < 1.29 is 27.2 Å². The van der Waals surface area contributed by atoms with Gasteiger partial charge in [-0.15, -0.1) is 0 Å². The van der Waals surface area contributed by atoms with E-state index in [1.54, 1.807) is 7.11 Å². The highest BCUT2D eigenvalue weighted by molar-refractivity contribution is 5.37. The third-order valence-electron chi connectivity index (χ3n) is 4.24. The molecule has 0 amide bonds. The summed E-state index contributed by atoms with van der Waals surface area (Å²) in [6, 6.07) is 16.6. The van der Waals surface area contributed by atoms with Crippen LogP contribution in [0.15, 0.2) is 48.5 Å². The van der Waals surface area contributed by atoms with Crippen LogP contribution in [0.1, 0.15) is 22.8 Å². The summed E-state index contributed by atoms with van der Waals surface area (Å²) in [6.45, 7) is 2.79. The summed E-state index contributed by atoms with van der Waals surface area (Å²) in [5.74, 6) is 0.820. The molecule has 2 N–H and O–H groups in total. The fourth-order valence-electron chi connectivity index (χ4n) is 3.05. The number of nitrogens with one attached hydrogen (secondary N) is 1. The summed E-state index contributed by atoms with van der Waals surface area (Å²) >= 11 is 0. The van der Waals surface area contributed by atoms with Crippen molar-refractivity contribution in [2.45, 2.75) is 19.1 Å². The number of hydrogen-bond acceptors (Lipinski definition) is 2. The Morgan fingerprint density at radius 3 is 2.68 bits per heavy atom. The topological polar surface area (TPSA) is 33.9 Å². The second-order valence-electron chi connectivity index (χ2n) is 5.70. The molecule has 22 heavy (non-hydrogen) atoms. The molecule has 0 bridgehead atoms. The van der Waals surface area contributed by atoms with E-state index in [-0.39, 0.29) is 12.4 Å². The zero-order valence-corrected chi connectivity index (χ0v) is 13.5. The fraction of sp³-hybridized carbons (Fsp3) is 0.333. The minimum atomic E-state index is -0.394. The third-order valence-corrected chi connectivity index (χ3v) is 4.24. The standard InChI is InChI=1S/C18H21NO2.ClH/c1-21-16-8-7-15-12-19(13-18(20)17(15)11-16)10-9-14-5-3-2-4-6-14;/h2-8,11,18,20H,9-10,12-13H2,1H3;1H. The van der Waals surface area contributed by atoms with E-state index in [0.29, 0.717) is 0 Å². The Bertz CT molecular complexity index is 603. The van der Waals surface area contributed by atoms with Crippen LogP contribution in [0.4, 0.5) is 0 Å². The van der Waals surface area contributed by atoms with Crippen LogP contribution in [-0.2, 0) is 13.0 Å². The van der Waals surface area contributed by atoms with Crippen LogP contribution in [0.2, 0.25) is 0 Å². The van der Waals surface area contributed by atoms with Gasteiger partial charge in [-0.05, 0) is 29.3 Å². The normalized spacial score (nSPS) is 19.9. The zero-order chi connectivity index (χ0) is 14.7. The van der Waals surface area contributed by atoms with E-state index < -0.39 is 6.10 Å². The quantitative estimate of drug-likeness (QED) is 0.710. The van der Waals surface area contributed by atoms with Gasteiger partial charge in [0.25, 0.3) is 0 Å². The Morgan fingerprint density at radius 1 is 1.18 bits per heavy atom. The number of rotatable bonds is 4. The lowest BCUT2D eigenvalue weighted by Gasteiger charge is -2.29. The summed E-state index contributed by atoms with van der Waals surface area (Å²) in [5.41, 5.74) is 3.62. The Labute approximate surface area is 137 Å². The van der Waals surface area contributed by atoms with Gasteiger partial charge in [-0.3, -0.25) is 0 Å². The van der Waals surface area contributed by atoms with Gasteiger partial charge in [0, 0.05) is 12.0 Å². The van der Waals surface area contributed by atoms with Gasteiger partial charge in [0.05, 0.1) is 13.7 Å². The van der Waals surface area contributed by atoms with Gasteiger partial charge in [-0.25, -0.2) is 0 Å². The number of ether oxygens (including phenoxy) is 1. The molecule has 1 aliphatic heterocycles. The largest absolute Gasteiger partial charge is 1.00 e. The van der Waals surface area contributed by atoms with Crippen molar-refractivity contribution in [1.29, 1.82) is 0 Å². The van der Waals surface area contributed by atoms with E-state index >= 15 is 0 Å². The Kier molecular flexibility index (Phi) is 5.83. The molecule has 2 unspecified atom stereocenters. The van der Waals surface area contributed by atoms with E-state index in [1.165, 1.54) is 16.0 Å². The smallest absolute Gasteiger partial charge is 0.128 e. The molecule has 0 saturated heterocycles. The van der Waals surface area contributed by atoms with Crippen molar-refractivity contribution >= 4 is 0 Å². The average Bonchev–Trinajstić information content (AvgIpc) is 2.54. The summed E-state index contributed by atoms with van der Waals surface area (Å²) < 4.78 is 5.24. The Hall–Kier alpha value is -1.55. The maximum atomic E-state index is 10.4. The summed E-state index contributed by atoms with van der Waals surface area (Å²) in [6.07, 6.45) is 0.656. The second-order valence-corrected chi connectivity index (χ2v) is 5.70. The second kappa shape index (κ2) is 7.63. The predicted molar refractivity (Wildman–Crippen MR) is 82.5 cm³/mol. The molecular weight excluding hydrogens is 298 g/mol. The molecule has 0 aromatic heterocycles. The average molecular weight is 320 g/mol. The summed E-state index contributed by atoms with van der Waals surface area (Å²) in [4.78, 5) is 1.43. The molecule has 1 aliphatic rings. The molecular formula is C18H22ClNO2. The first-order chi connectivity index (χ1) is 10.3. The zero-order valence-electron chi connectivity index (χ0n) is 12.8. The van der Waals surface area contributed by atoms with Crippen LogP contribution < -0.4 is 22.0 Å². The SMILES string of the molecule is COc1ccc2c(c1)C(O)C[NH+](CCc1ccccc1)C2.[Cl-]. The highest BCUT2D eigenvalue weighted by atomic mass is 35.5. The van der Waals surface area contributed by atoms with Gasteiger partial charge in [-0.2, -0.15) is 0 Å². The number of quaternary nitrogens is 1. The maximum absolute atomic E-state index is 10.4. The molecule has 2 aromatic carbocycles. The van der Waals surface area contributed by atoms with Crippen molar-refractivity contribution in [2.24, 2.45) is 0 Å². The van der Waals surface area contributed by atoms with Gasteiger partial charge in [0.1, 0.15) is 24.9 Å². The number of methoxy groups -OCH3 is 1. The number of fused-ring (bicyclic) bond motifs is 1. The van der Waals surface area contributed by atoms with Crippen LogP contribution in [0.5, 0.6) is 5.75 Å². The molecule has 3 rings (SSSR count). The van der Waals surface area contributed by atoms with Crippen LogP contribution >= 0.6 is 0 Å². The molecule has 0 fully saturated rings. The van der Waals surface area contributed by atoms with Crippen LogP contribution in [0, 0.1) is 0 Å². The molecule has 2 atom stereocenters. The summed E-state index contributed by atoms with van der Waals surface area (Å²) in [5, 5.41) is 10.4. The van der Waals surface area contributed by atoms with E-state index in [1.807, 2.05) is 18.2 Å². The molecule has 1 heterocycles. The van der Waals surface area contributed by atoms with Crippen LogP contribution in [0.25, 0.3) is 0 Å². The van der Waals surface area contributed by atoms with Gasteiger partial charge in [0.2, 0.25) is 0 Å². The minimum Gasteiger partial charge on any atom is -1.00 e. The maximum Gasteiger partial charge on any atom is 0.128 e. The third kappa shape index (κ3) is 3.80. The van der Waals surface area contributed by atoms with Gasteiger partial charge >= 0.3 is 0 Å². The molecule has 0 saturated carbocycles. The number of aliphatic hydroxyl groups is 1. The van der Waals surface area contributed by atoms with Crippen molar-refractivity contribution in [3.8, 4) is 5.75 Å². The molecule has 3 nitrogen and oxygen atoms in total. The number of halogens is 1. The fourth-order valence-corrected chi connectivity index (χ4v) is 3.05. The van der Waals surface area contributed by atoms with Crippen molar-refractivity contribution in [3.05, 3.63) is 65.2 Å². The lowest BCUT2D eigenvalue weighted by molar-refractivity contribution is -0.920. The highest BCUT2D eigenvalue weighted by Crippen LogP contribution is 2.24. The number of hydrogen-bond donors (Lipinski definition) is 2. The number of aliphatic hydroxyl groups excluding tert-OH is 1. The Morgan fingerprint density at radius 2 is 1.95 bits per heavy atom. The first kappa shape index (κ1) is 16.8. The molecule has 0 spiro atoms. The predicted octanol–water partition coefficient (Wildman–Crippen LogP) is -1.63. The van der Waals surface area contributed by atoms with E-state index in [9.17, 15) is 5.11 Å². The van der Waals surface area contributed by atoms with E-state index in [0.717, 1.165) is 37.4 Å². The van der Waals surface area contributed by atoms with Gasteiger partial charge in [0.15, 0.2) is 0 Å².